The second kappa shape index (κ2) is 8.24. The van der Waals surface area contributed by atoms with Crippen molar-refractivity contribution in [2.45, 2.75) is 31.0 Å². The summed E-state index contributed by atoms with van der Waals surface area (Å²) >= 11 is 1.30. The molecule has 0 fully saturated rings. The van der Waals surface area contributed by atoms with Crippen LogP contribution in [0.25, 0.3) is 0 Å². The Morgan fingerprint density at radius 2 is 2.16 bits per heavy atom. The van der Waals surface area contributed by atoms with Gasteiger partial charge in [-0.05, 0) is 18.6 Å². The summed E-state index contributed by atoms with van der Waals surface area (Å²) in [6.07, 6.45) is 1.54. The predicted octanol–water partition coefficient (Wildman–Crippen LogP) is 2.76. The zero-order valence-corrected chi connectivity index (χ0v) is 15.1. The van der Waals surface area contributed by atoms with E-state index in [1.165, 1.54) is 11.8 Å². The highest BCUT2D eigenvalue weighted by Crippen LogP contribution is 2.35. The van der Waals surface area contributed by atoms with Crippen LogP contribution in [0.15, 0.2) is 29.4 Å². The smallest absolute Gasteiger partial charge is 0.316 e. The van der Waals surface area contributed by atoms with Gasteiger partial charge in [0, 0.05) is 7.05 Å². The molecule has 7 nitrogen and oxygen atoms in total. The van der Waals surface area contributed by atoms with Gasteiger partial charge in [0.05, 0.1) is 12.4 Å². The van der Waals surface area contributed by atoms with Gasteiger partial charge in [-0.3, -0.25) is 4.79 Å². The molecule has 1 aromatic heterocycles. The van der Waals surface area contributed by atoms with Gasteiger partial charge in [0.1, 0.15) is 6.61 Å². The lowest BCUT2D eigenvalue weighted by molar-refractivity contribution is -0.140. The monoisotopic (exact) mass is 363 g/mol. The minimum Gasteiger partial charge on any atom is -0.485 e. The Labute approximate surface area is 150 Å². The number of aromatic nitrogens is 3. The number of rotatable bonds is 7. The third-order valence-corrected chi connectivity index (χ3v) is 4.74. The van der Waals surface area contributed by atoms with Gasteiger partial charge >= 0.3 is 5.97 Å². The van der Waals surface area contributed by atoms with Gasteiger partial charge in [0.25, 0.3) is 0 Å². The van der Waals surface area contributed by atoms with Crippen LogP contribution in [-0.2, 0) is 16.6 Å². The average molecular weight is 363 g/mol. The zero-order chi connectivity index (χ0) is 17.6. The molecule has 8 heteroatoms. The van der Waals surface area contributed by atoms with Crippen LogP contribution in [0.3, 0.4) is 0 Å². The Hall–Kier alpha value is -2.22. The third-order valence-electron chi connectivity index (χ3n) is 3.75. The molecule has 0 unspecified atom stereocenters. The molecule has 1 aliphatic heterocycles. The number of nitrogens with zero attached hydrogens (tertiary/aromatic N) is 3. The number of benzene rings is 1. The van der Waals surface area contributed by atoms with E-state index in [0.29, 0.717) is 29.9 Å². The fourth-order valence-corrected chi connectivity index (χ4v) is 3.09. The van der Waals surface area contributed by atoms with Crippen LogP contribution in [-0.4, -0.2) is 39.7 Å². The highest BCUT2D eigenvalue weighted by atomic mass is 32.2. The van der Waals surface area contributed by atoms with Crippen LogP contribution in [0, 0.1) is 0 Å². The molecule has 134 valence electrons. The molecule has 1 atom stereocenters. The summed E-state index contributed by atoms with van der Waals surface area (Å²) < 4.78 is 18.6. The molecule has 0 aliphatic carbocycles. The molecular weight excluding hydrogens is 342 g/mol. The van der Waals surface area contributed by atoms with Crippen molar-refractivity contribution in [2.24, 2.45) is 7.05 Å². The molecule has 3 rings (SSSR count). The Balaban J connectivity index is 1.59. The Kier molecular flexibility index (Phi) is 5.80. The third kappa shape index (κ3) is 4.25. The summed E-state index contributed by atoms with van der Waals surface area (Å²) in [6, 6.07) is 7.53. The van der Waals surface area contributed by atoms with Crippen molar-refractivity contribution in [1.82, 2.24) is 14.8 Å². The highest BCUT2D eigenvalue weighted by molar-refractivity contribution is 7.99. The van der Waals surface area contributed by atoms with Gasteiger partial charge in [-0.2, -0.15) is 0 Å². The number of thioether (sulfide) groups is 1. The summed E-state index contributed by atoms with van der Waals surface area (Å²) in [7, 11) is 1.85. The number of carbonyl (C=O) groups is 1. The number of para-hydroxylation sites is 2. The van der Waals surface area contributed by atoms with Gasteiger partial charge in [-0.1, -0.05) is 37.2 Å². The number of carbonyl (C=O) groups excluding carboxylic acids is 1. The molecule has 0 bridgehead atoms. The normalized spacial score (nSPS) is 15.8. The molecule has 0 amide bonds. The molecule has 0 saturated heterocycles. The zero-order valence-electron chi connectivity index (χ0n) is 14.3. The van der Waals surface area contributed by atoms with E-state index in [4.69, 9.17) is 14.2 Å². The van der Waals surface area contributed by atoms with Crippen molar-refractivity contribution in [3.8, 4) is 11.5 Å². The maximum absolute atomic E-state index is 11.7. The lowest BCUT2D eigenvalue weighted by Gasteiger charge is -2.25. The molecule has 2 heterocycles. The molecule has 0 spiro atoms. The lowest BCUT2D eigenvalue weighted by atomic mass is 10.2. The number of ether oxygens (including phenoxy) is 3. The van der Waals surface area contributed by atoms with Crippen molar-refractivity contribution < 1.29 is 19.0 Å². The maximum atomic E-state index is 11.7. The van der Waals surface area contributed by atoms with Crippen LogP contribution in [0.4, 0.5) is 0 Å². The fraction of sp³-hybridized carbons (Fsp3) is 0.471. The standard InChI is InChI=1S/C17H21N3O4S/c1-3-4-9-22-15(21)11-25-17-19-18-16(20(17)2)14-10-23-12-7-5-6-8-13(12)24-14/h5-8,14H,3-4,9-11H2,1-2H3/t14-/m0/s1. The van der Waals surface area contributed by atoms with Crippen LogP contribution < -0.4 is 9.47 Å². The first kappa shape index (κ1) is 17.6. The molecular formula is C17H21N3O4S. The van der Waals surface area contributed by atoms with E-state index in [1.54, 1.807) is 0 Å². The highest BCUT2D eigenvalue weighted by Gasteiger charge is 2.27. The van der Waals surface area contributed by atoms with E-state index in [2.05, 4.69) is 17.1 Å². The van der Waals surface area contributed by atoms with E-state index in [0.717, 1.165) is 18.6 Å². The van der Waals surface area contributed by atoms with Gasteiger partial charge in [-0.25, -0.2) is 0 Å². The molecule has 25 heavy (non-hydrogen) atoms. The summed E-state index contributed by atoms with van der Waals surface area (Å²) in [6.45, 7) is 2.89. The molecule has 2 aromatic rings. The molecule has 1 aromatic carbocycles. The number of hydrogen-bond donors (Lipinski definition) is 0. The van der Waals surface area contributed by atoms with E-state index in [9.17, 15) is 4.79 Å². The van der Waals surface area contributed by atoms with E-state index >= 15 is 0 Å². The second-order valence-corrected chi connectivity index (χ2v) is 6.57. The largest absolute Gasteiger partial charge is 0.485 e. The summed E-state index contributed by atoms with van der Waals surface area (Å²) in [5, 5.41) is 8.99. The van der Waals surface area contributed by atoms with Crippen LogP contribution in [0.2, 0.25) is 0 Å². The molecule has 1 aliphatic rings. The number of esters is 1. The molecule has 0 saturated carbocycles. The topological polar surface area (TPSA) is 75.5 Å². The Morgan fingerprint density at radius 3 is 2.96 bits per heavy atom. The number of fused-ring (bicyclic) bond motifs is 1. The molecule has 0 radical (unpaired) electrons. The van der Waals surface area contributed by atoms with Crippen molar-refractivity contribution in [1.29, 1.82) is 0 Å². The number of hydrogen-bond acceptors (Lipinski definition) is 7. The first-order chi connectivity index (χ1) is 12.2. The first-order valence-corrected chi connectivity index (χ1v) is 9.23. The van der Waals surface area contributed by atoms with Gasteiger partial charge in [0.2, 0.25) is 0 Å². The van der Waals surface area contributed by atoms with E-state index < -0.39 is 0 Å². The van der Waals surface area contributed by atoms with Crippen LogP contribution in [0.5, 0.6) is 11.5 Å². The quantitative estimate of drug-likeness (QED) is 0.425. The van der Waals surface area contributed by atoms with Gasteiger partial charge in [0.15, 0.2) is 28.6 Å². The van der Waals surface area contributed by atoms with Gasteiger partial charge < -0.3 is 18.8 Å². The van der Waals surface area contributed by atoms with Crippen molar-refractivity contribution >= 4 is 17.7 Å². The first-order valence-electron chi connectivity index (χ1n) is 8.25. The van der Waals surface area contributed by atoms with Gasteiger partial charge in [-0.15, -0.1) is 10.2 Å². The van der Waals surface area contributed by atoms with Crippen molar-refractivity contribution in [3.63, 3.8) is 0 Å². The molecule has 0 N–H and O–H groups in total. The van der Waals surface area contributed by atoms with Crippen molar-refractivity contribution in [2.75, 3.05) is 19.0 Å². The van der Waals surface area contributed by atoms with E-state index in [1.807, 2.05) is 35.9 Å². The average Bonchev–Trinajstić information content (AvgIpc) is 3.00. The SMILES string of the molecule is CCCCOC(=O)CSc1nnc([C@@H]2COc3ccccc3O2)n1C. The summed E-state index contributed by atoms with van der Waals surface area (Å²) in [4.78, 5) is 11.7. The second-order valence-electron chi connectivity index (χ2n) is 5.63. The van der Waals surface area contributed by atoms with Crippen LogP contribution >= 0.6 is 11.8 Å². The summed E-state index contributed by atoms with van der Waals surface area (Å²) in [5.41, 5.74) is 0. The lowest BCUT2D eigenvalue weighted by Crippen LogP contribution is -2.24. The minimum atomic E-state index is -0.335. The maximum Gasteiger partial charge on any atom is 0.316 e. The predicted molar refractivity (Wildman–Crippen MR) is 92.9 cm³/mol. The number of unbranched alkanes of at least 4 members (excludes halogenated alkanes) is 1. The Bertz CT molecular complexity index is 734. The van der Waals surface area contributed by atoms with Crippen LogP contribution in [0.1, 0.15) is 31.7 Å². The Morgan fingerprint density at radius 1 is 1.36 bits per heavy atom. The summed E-state index contributed by atoms with van der Waals surface area (Å²) in [5.74, 6) is 2.05. The van der Waals surface area contributed by atoms with Crippen molar-refractivity contribution in [3.05, 3.63) is 30.1 Å². The fourth-order valence-electron chi connectivity index (χ4n) is 2.37. The van der Waals surface area contributed by atoms with E-state index in [-0.39, 0.29) is 17.8 Å². The minimum absolute atomic E-state index is 0.209.